The van der Waals surface area contributed by atoms with Gasteiger partial charge in [-0.05, 0) is 56.5 Å². The van der Waals surface area contributed by atoms with E-state index in [-0.39, 0.29) is 12.1 Å². The first-order valence-corrected chi connectivity index (χ1v) is 7.99. The summed E-state index contributed by atoms with van der Waals surface area (Å²) >= 11 is 0. The summed E-state index contributed by atoms with van der Waals surface area (Å²) in [6.07, 6.45) is 2.01. The Labute approximate surface area is 137 Å². The minimum Gasteiger partial charge on any atom is -0.491 e. The van der Waals surface area contributed by atoms with Crippen molar-refractivity contribution in [3.63, 3.8) is 0 Å². The Kier molecular flexibility index (Phi) is 6.48. The molecule has 0 heterocycles. The molecule has 2 rings (SSSR count). The molecule has 0 aliphatic rings. The molecular formula is C19H24N2O2. The summed E-state index contributed by atoms with van der Waals surface area (Å²) in [6, 6.07) is 17.4. The average Bonchev–Trinajstić information content (AvgIpc) is 2.53. The average molecular weight is 312 g/mol. The Bertz CT molecular complexity index is 595. The van der Waals surface area contributed by atoms with Crippen LogP contribution in [-0.4, -0.2) is 18.7 Å². The maximum Gasteiger partial charge on any atom is 0.319 e. The minimum absolute atomic E-state index is 0.170. The number of hydrogen-bond donors (Lipinski definition) is 2. The molecule has 2 N–H and O–H groups in total. The van der Waals surface area contributed by atoms with Gasteiger partial charge in [-0.1, -0.05) is 30.3 Å². The second-order valence-corrected chi connectivity index (χ2v) is 5.66. The van der Waals surface area contributed by atoms with Gasteiger partial charge < -0.3 is 15.4 Å². The van der Waals surface area contributed by atoms with Crippen LogP contribution in [-0.2, 0) is 6.42 Å². The Morgan fingerprint density at radius 2 is 1.74 bits per heavy atom. The molecule has 0 fully saturated rings. The molecule has 2 amide bonds. The highest BCUT2D eigenvalue weighted by atomic mass is 16.5. The predicted octanol–water partition coefficient (Wildman–Crippen LogP) is 4.23. The van der Waals surface area contributed by atoms with E-state index >= 15 is 0 Å². The number of carbonyl (C=O) groups excluding carboxylic acids is 1. The highest BCUT2D eigenvalue weighted by Crippen LogP contribution is 2.14. The zero-order valence-corrected chi connectivity index (χ0v) is 13.7. The van der Waals surface area contributed by atoms with Crippen LogP contribution in [0, 0.1) is 0 Å². The number of carbonyl (C=O) groups is 1. The van der Waals surface area contributed by atoms with Crippen molar-refractivity contribution in [3.05, 3.63) is 60.2 Å². The second-order valence-electron chi connectivity index (χ2n) is 5.66. The van der Waals surface area contributed by atoms with Crippen LogP contribution in [0.25, 0.3) is 0 Å². The van der Waals surface area contributed by atoms with E-state index in [4.69, 9.17) is 4.74 Å². The van der Waals surface area contributed by atoms with Crippen molar-refractivity contribution in [2.75, 3.05) is 11.9 Å². The molecule has 0 atom stereocenters. The van der Waals surface area contributed by atoms with Crippen molar-refractivity contribution in [3.8, 4) is 5.75 Å². The maximum absolute atomic E-state index is 11.7. The first kappa shape index (κ1) is 16.9. The van der Waals surface area contributed by atoms with E-state index in [0.717, 1.165) is 24.3 Å². The van der Waals surface area contributed by atoms with Crippen molar-refractivity contribution in [1.82, 2.24) is 5.32 Å². The summed E-state index contributed by atoms with van der Waals surface area (Å²) in [7, 11) is 0. The molecule has 0 saturated heterocycles. The quantitative estimate of drug-likeness (QED) is 0.752. The van der Waals surface area contributed by atoms with E-state index in [0.29, 0.717) is 6.54 Å². The van der Waals surface area contributed by atoms with Crippen molar-refractivity contribution < 1.29 is 9.53 Å². The van der Waals surface area contributed by atoms with E-state index in [1.54, 1.807) is 0 Å². The molecule has 0 aliphatic heterocycles. The fourth-order valence-electron chi connectivity index (χ4n) is 2.20. The number of benzene rings is 2. The van der Waals surface area contributed by atoms with Crippen LogP contribution in [0.3, 0.4) is 0 Å². The van der Waals surface area contributed by atoms with Gasteiger partial charge in [0.2, 0.25) is 0 Å². The molecule has 4 heteroatoms. The van der Waals surface area contributed by atoms with Crippen LogP contribution >= 0.6 is 0 Å². The molecule has 0 unspecified atom stereocenters. The number of amides is 2. The number of aryl methyl sites for hydroxylation is 1. The molecular weight excluding hydrogens is 288 g/mol. The third-order valence-corrected chi connectivity index (χ3v) is 3.25. The molecule has 0 aromatic heterocycles. The molecule has 0 radical (unpaired) electrons. The molecule has 2 aromatic carbocycles. The molecule has 0 spiro atoms. The van der Waals surface area contributed by atoms with Crippen molar-refractivity contribution in [1.29, 1.82) is 0 Å². The summed E-state index contributed by atoms with van der Waals surface area (Å²) in [5.74, 6) is 0.893. The standard InChI is InChI=1S/C19H24N2O2/c1-15(2)23-18-12-10-16(11-13-18)7-6-14-20-19(22)21-17-8-4-3-5-9-17/h3-5,8-13,15H,6-7,14H2,1-2H3,(H2,20,21,22). The Hall–Kier alpha value is -2.49. The number of urea groups is 1. The summed E-state index contributed by atoms with van der Waals surface area (Å²) in [4.78, 5) is 11.7. The topological polar surface area (TPSA) is 50.4 Å². The van der Waals surface area contributed by atoms with Crippen LogP contribution in [0.5, 0.6) is 5.75 Å². The van der Waals surface area contributed by atoms with Crippen molar-refractivity contribution >= 4 is 11.7 Å². The van der Waals surface area contributed by atoms with Crippen LogP contribution in [0.4, 0.5) is 10.5 Å². The molecule has 0 saturated carbocycles. The summed E-state index contributed by atoms with van der Waals surface area (Å²) in [6.45, 7) is 4.67. The molecule has 23 heavy (non-hydrogen) atoms. The van der Waals surface area contributed by atoms with Crippen LogP contribution in [0.1, 0.15) is 25.8 Å². The molecule has 2 aromatic rings. The van der Waals surface area contributed by atoms with Gasteiger partial charge in [-0.2, -0.15) is 0 Å². The summed E-state index contributed by atoms with van der Waals surface area (Å²) < 4.78 is 5.62. The Morgan fingerprint density at radius 1 is 1.04 bits per heavy atom. The lowest BCUT2D eigenvalue weighted by molar-refractivity contribution is 0.242. The van der Waals surface area contributed by atoms with Gasteiger partial charge in [0.25, 0.3) is 0 Å². The minimum atomic E-state index is -0.170. The first-order valence-electron chi connectivity index (χ1n) is 7.99. The monoisotopic (exact) mass is 312 g/mol. The molecule has 122 valence electrons. The van der Waals surface area contributed by atoms with Gasteiger partial charge in [-0.3, -0.25) is 0 Å². The lowest BCUT2D eigenvalue weighted by Gasteiger charge is -2.10. The van der Waals surface area contributed by atoms with E-state index < -0.39 is 0 Å². The molecule has 0 aliphatic carbocycles. The number of ether oxygens (including phenoxy) is 1. The number of rotatable bonds is 7. The fraction of sp³-hybridized carbons (Fsp3) is 0.316. The highest BCUT2D eigenvalue weighted by Gasteiger charge is 2.01. The number of anilines is 1. The van der Waals surface area contributed by atoms with Gasteiger partial charge in [0.05, 0.1) is 6.10 Å². The maximum atomic E-state index is 11.7. The smallest absolute Gasteiger partial charge is 0.319 e. The van der Waals surface area contributed by atoms with E-state index in [9.17, 15) is 4.79 Å². The third kappa shape index (κ3) is 6.43. The van der Waals surface area contributed by atoms with Crippen LogP contribution in [0.15, 0.2) is 54.6 Å². The third-order valence-electron chi connectivity index (χ3n) is 3.25. The second kappa shape index (κ2) is 8.83. The van der Waals surface area contributed by atoms with Crippen LogP contribution in [0.2, 0.25) is 0 Å². The Balaban J connectivity index is 1.66. The fourth-order valence-corrected chi connectivity index (χ4v) is 2.20. The van der Waals surface area contributed by atoms with Crippen LogP contribution < -0.4 is 15.4 Å². The van der Waals surface area contributed by atoms with Gasteiger partial charge >= 0.3 is 6.03 Å². The number of para-hydroxylation sites is 1. The summed E-state index contributed by atoms with van der Waals surface area (Å²) in [5.41, 5.74) is 2.04. The van der Waals surface area contributed by atoms with Gasteiger partial charge in [0.15, 0.2) is 0 Å². The van der Waals surface area contributed by atoms with E-state index in [1.807, 2.05) is 56.3 Å². The van der Waals surface area contributed by atoms with Gasteiger partial charge in [0.1, 0.15) is 5.75 Å². The van der Waals surface area contributed by atoms with Gasteiger partial charge in [-0.25, -0.2) is 4.79 Å². The lowest BCUT2D eigenvalue weighted by atomic mass is 10.1. The zero-order chi connectivity index (χ0) is 16.5. The zero-order valence-electron chi connectivity index (χ0n) is 13.7. The van der Waals surface area contributed by atoms with Crippen molar-refractivity contribution in [2.45, 2.75) is 32.8 Å². The first-order chi connectivity index (χ1) is 11.1. The SMILES string of the molecule is CC(C)Oc1ccc(CCCNC(=O)Nc2ccccc2)cc1. The highest BCUT2D eigenvalue weighted by molar-refractivity contribution is 5.89. The van der Waals surface area contributed by atoms with Gasteiger partial charge in [-0.15, -0.1) is 0 Å². The number of hydrogen-bond acceptors (Lipinski definition) is 2. The largest absolute Gasteiger partial charge is 0.491 e. The van der Waals surface area contributed by atoms with Crippen molar-refractivity contribution in [2.24, 2.45) is 0 Å². The number of nitrogens with one attached hydrogen (secondary N) is 2. The summed E-state index contributed by atoms with van der Waals surface area (Å²) in [5, 5.41) is 5.66. The normalized spacial score (nSPS) is 10.4. The molecule has 4 nitrogen and oxygen atoms in total. The predicted molar refractivity (Wildman–Crippen MR) is 94.0 cm³/mol. The van der Waals surface area contributed by atoms with Gasteiger partial charge in [0, 0.05) is 12.2 Å². The lowest BCUT2D eigenvalue weighted by Crippen LogP contribution is -2.29. The van der Waals surface area contributed by atoms with E-state index in [2.05, 4.69) is 22.8 Å². The van der Waals surface area contributed by atoms with E-state index in [1.165, 1.54) is 5.56 Å². The Morgan fingerprint density at radius 3 is 2.39 bits per heavy atom. The molecule has 0 bridgehead atoms.